The van der Waals surface area contributed by atoms with E-state index in [4.69, 9.17) is 4.74 Å². The fourth-order valence-electron chi connectivity index (χ4n) is 1.72. The van der Waals surface area contributed by atoms with Crippen molar-refractivity contribution in [3.8, 4) is 5.75 Å². The third kappa shape index (κ3) is 1.80. The average Bonchev–Trinajstić information content (AvgIpc) is 2.37. The number of nitrogens with zero attached hydrogens (tertiary/aromatic N) is 1. The molecular formula is C12H15NO. The van der Waals surface area contributed by atoms with Gasteiger partial charge in [-0.05, 0) is 30.3 Å². The number of rotatable bonds is 1. The number of methoxy groups -OCH3 is 1. The number of hydrogen-bond acceptors (Lipinski definition) is 2. The van der Waals surface area contributed by atoms with Crippen LogP contribution in [0.2, 0.25) is 0 Å². The van der Waals surface area contributed by atoms with Crippen LogP contribution in [-0.4, -0.2) is 25.6 Å². The minimum Gasteiger partial charge on any atom is -0.497 e. The first kappa shape index (κ1) is 9.28. The van der Waals surface area contributed by atoms with Crippen LogP contribution in [0.5, 0.6) is 5.75 Å². The van der Waals surface area contributed by atoms with E-state index in [1.54, 1.807) is 7.11 Å². The van der Waals surface area contributed by atoms with Crippen molar-refractivity contribution in [2.75, 3.05) is 20.7 Å². The first-order valence-electron chi connectivity index (χ1n) is 4.81. The molecule has 0 aliphatic carbocycles. The highest BCUT2D eigenvalue weighted by Gasteiger charge is 2.07. The molecule has 1 aromatic rings. The first-order valence-corrected chi connectivity index (χ1v) is 4.81. The van der Waals surface area contributed by atoms with E-state index in [0.717, 1.165) is 18.8 Å². The zero-order chi connectivity index (χ0) is 9.97. The van der Waals surface area contributed by atoms with Gasteiger partial charge in [-0.25, -0.2) is 0 Å². The molecule has 0 amide bonds. The standard InChI is InChI=1S/C12H15NO/c1-13-7-3-4-10-5-6-12(14-2)8-11(10)9-13/h3-6,8H,7,9H2,1-2H3. The Hall–Kier alpha value is -1.28. The minimum atomic E-state index is 0.937. The van der Waals surface area contributed by atoms with Crippen LogP contribution in [-0.2, 0) is 6.54 Å². The lowest BCUT2D eigenvalue weighted by atomic mass is 10.1. The van der Waals surface area contributed by atoms with E-state index in [9.17, 15) is 0 Å². The molecule has 0 saturated carbocycles. The lowest BCUT2D eigenvalue weighted by Crippen LogP contribution is -2.16. The largest absolute Gasteiger partial charge is 0.497 e. The highest BCUT2D eigenvalue weighted by molar-refractivity contribution is 5.56. The van der Waals surface area contributed by atoms with Gasteiger partial charge in [0.2, 0.25) is 0 Å². The molecule has 0 unspecified atom stereocenters. The van der Waals surface area contributed by atoms with Crippen molar-refractivity contribution in [3.63, 3.8) is 0 Å². The summed E-state index contributed by atoms with van der Waals surface area (Å²) in [6.07, 6.45) is 4.37. The van der Waals surface area contributed by atoms with Gasteiger partial charge in [-0.3, -0.25) is 4.90 Å². The Bertz CT molecular complexity index is 357. The van der Waals surface area contributed by atoms with Crippen molar-refractivity contribution in [1.29, 1.82) is 0 Å². The number of benzene rings is 1. The summed E-state index contributed by atoms with van der Waals surface area (Å²) in [5.74, 6) is 0.937. The molecule has 1 aliphatic heterocycles. The Labute approximate surface area is 84.8 Å². The van der Waals surface area contributed by atoms with Crippen LogP contribution < -0.4 is 4.74 Å². The van der Waals surface area contributed by atoms with Crippen molar-refractivity contribution in [3.05, 3.63) is 35.4 Å². The topological polar surface area (TPSA) is 12.5 Å². The van der Waals surface area contributed by atoms with E-state index >= 15 is 0 Å². The van der Waals surface area contributed by atoms with Crippen molar-refractivity contribution in [2.24, 2.45) is 0 Å². The van der Waals surface area contributed by atoms with Gasteiger partial charge in [0.05, 0.1) is 7.11 Å². The van der Waals surface area contributed by atoms with Crippen molar-refractivity contribution < 1.29 is 4.74 Å². The van der Waals surface area contributed by atoms with E-state index < -0.39 is 0 Å². The summed E-state index contributed by atoms with van der Waals surface area (Å²) in [6.45, 7) is 2.00. The van der Waals surface area contributed by atoms with Crippen LogP contribution in [0, 0.1) is 0 Å². The summed E-state index contributed by atoms with van der Waals surface area (Å²) in [5.41, 5.74) is 2.63. The fraction of sp³-hybridized carbons (Fsp3) is 0.333. The SMILES string of the molecule is COc1ccc2c(c1)CN(C)CC=C2. The lowest BCUT2D eigenvalue weighted by molar-refractivity contribution is 0.363. The van der Waals surface area contributed by atoms with Gasteiger partial charge in [-0.1, -0.05) is 18.2 Å². The van der Waals surface area contributed by atoms with Gasteiger partial charge in [-0.2, -0.15) is 0 Å². The van der Waals surface area contributed by atoms with Crippen molar-refractivity contribution in [1.82, 2.24) is 4.90 Å². The van der Waals surface area contributed by atoms with Gasteiger partial charge in [-0.15, -0.1) is 0 Å². The molecule has 1 aromatic carbocycles. The fourth-order valence-corrected chi connectivity index (χ4v) is 1.72. The maximum absolute atomic E-state index is 5.21. The Balaban J connectivity index is 2.39. The van der Waals surface area contributed by atoms with Gasteiger partial charge >= 0.3 is 0 Å². The maximum atomic E-state index is 5.21. The zero-order valence-electron chi connectivity index (χ0n) is 8.66. The van der Waals surface area contributed by atoms with E-state index in [-0.39, 0.29) is 0 Å². The molecule has 1 heterocycles. The number of fused-ring (bicyclic) bond motifs is 1. The Morgan fingerprint density at radius 1 is 1.36 bits per heavy atom. The number of ether oxygens (including phenoxy) is 1. The molecule has 1 aliphatic rings. The summed E-state index contributed by atoms with van der Waals surface area (Å²) in [5, 5.41) is 0. The van der Waals surface area contributed by atoms with E-state index in [1.807, 2.05) is 6.07 Å². The van der Waals surface area contributed by atoms with Gasteiger partial charge in [0.15, 0.2) is 0 Å². The second-order valence-corrected chi connectivity index (χ2v) is 3.66. The Kier molecular flexibility index (Phi) is 2.55. The number of likely N-dealkylation sites (N-methyl/N-ethyl adjacent to an activating group) is 1. The molecule has 0 N–H and O–H groups in total. The number of hydrogen-bond donors (Lipinski definition) is 0. The van der Waals surface area contributed by atoms with Crippen molar-refractivity contribution in [2.45, 2.75) is 6.54 Å². The molecule has 0 saturated heterocycles. The third-order valence-electron chi connectivity index (χ3n) is 2.50. The highest BCUT2D eigenvalue weighted by atomic mass is 16.5. The Morgan fingerprint density at radius 3 is 3.00 bits per heavy atom. The second kappa shape index (κ2) is 3.84. The van der Waals surface area contributed by atoms with E-state index in [0.29, 0.717) is 0 Å². The van der Waals surface area contributed by atoms with Crippen LogP contribution in [0.1, 0.15) is 11.1 Å². The average molecular weight is 189 g/mol. The van der Waals surface area contributed by atoms with E-state index in [1.165, 1.54) is 11.1 Å². The summed E-state index contributed by atoms with van der Waals surface area (Å²) in [4.78, 5) is 2.28. The molecule has 2 rings (SSSR count). The quantitative estimate of drug-likeness (QED) is 0.671. The molecule has 74 valence electrons. The van der Waals surface area contributed by atoms with Gasteiger partial charge in [0, 0.05) is 13.1 Å². The first-order chi connectivity index (χ1) is 6.79. The molecule has 0 aromatic heterocycles. The van der Waals surface area contributed by atoms with Crippen LogP contribution in [0.4, 0.5) is 0 Å². The monoisotopic (exact) mass is 189 g/mol. The van der Waals surface area contributed by atoms with Gasteiger partial charge in [0.1, 0.15) is 5.75 Å². The molecule has 2 nitrogen and oxygen atoms in total. The predicted molar refractivity (Wildman–Crippen MR) is 58.4 cm³/mol. The maximum Gasteiger partial charge on any atom is 0.119 e. The molecule has 2 heteroatoms. The molecular weight excluding hydrogens is 174 g/mol. The summed E-state index contributed by atoms with van der Waals surface area (Å²) in [7, 11) is 3.83. The molecule has 0 fully saturated rings. The van der Waals surface area contributed by atoms with Crippen LogP contribution >= 0.6 is 0 Å². The van der Waals surface area contributed by atoms with Crippen molar-refractivity contribution >= 4 is 6.08 Å². The highest BCUT2D eigenvalue weighted by Crippen LogP contribution is 2.21. The normalized spacial score (nSPS) is 16.1. The summed E-state index contributed by atoms with van der Waals surface area (Å²) in [6, 6.07) is 6.24. The van der Waals surface area contributed by atoms with E-state index in [2.05, 4.69) is 36.2 Å². The van der Waals surface area contributed by atoms with Crippen LogP contribution in [0.15, 0.2) is 24.3 Å². The van der Waals surface area contributed by atoms with Crippen LogP contribution in [0.25, 0.3) is 6.08 Å². The summed E-state index contributed by atoms with van der Waals surface area (Å²) < 4.78 is 5.21. The summed E-state index contributed by atoms with van der Waals surface area (Å²) >= 11 is 0. The Morgan fingerprint density at radius 2 is 2.21 bits per heavy atom. The smallest absolute Gasteiger partial charge is 0.119 e. The second-order valence-electron chi connectivity index (χ2n) is 3.66. The zero-order valence-corrected chi connectivity index (χ0v) is 8.66. The third-order valence-corrected chi connectivity index (χ3v) is 2.50. The molecule has 0 atom stereocenters. The molecule has 14 heavy (non-hydrogen) atoms. The van der Waals surface area contributed by atoms with Gasteiger partial charge in [0.25, 0.3) is 0 Å². The molecule has 0 bridgehead atoms. The molecule has 0 spiro atoms. The minimum absolute atomic E-state index is 0.937. The van der Waals surface area contributed by atoms with Gasteiger partial charge < -0.3 is 4.74 Å². The lowest BCUT2D eigenvalue weighted by Gasteiger charge is -2.13. The van der Waals surface area contributed by atoms with Crippen LogP contribution in [0.3, 0.4) is 0 Å². The molecule has 0 radical (unpaired) electrons. The predicted octanol–water partition coefficient (Wildman–Crippen LogP) is 2.15.